The SMILES string of the molecule is COCC(C)(C)NC(=O)C(N)c1ccccc1. The van der Waals surface area contributed by atoms with Crippen LogP contribution in [0.5, 0.6) is 0 Å². The zero-order valence-corrected chi connectivity index (χ0v) is 10.6. The van der Waals surface area contributed by atoms with E-state index in [1.54, 1.807) is 7.11 Å². The lowest BCUT2D eigenvalue weighted by Gasteiger charge is -2.27. The van der Waals surface area contributed by atoms with Crippen LogP contribution in [0.3, 0.4) is 0 Å². The Balaban J connectivity index is 2.65. The van der Waals surface area contributed by atoms with Gasteiger partial charge in [0.05, 0.1) is 12.1 Å². The molecule has 0 radical (unpaired) electrons. The van der Waals surface area contributed by atoms with Crippen molar-refractivity contribution in [2.75, 3.05) is 13.7 Å². The van der Waals surface area contributed by atoms with Crippen molar-refractivity contribution in [3.8, 4) is 0 Å². The van der Waals surface area contributed by atoms with Crippen molar-refractivity contribution < 1.29 is 9.53 Å². The van der Waals surface area contributed by atoms with Gasteiger partial charge >= 0.3 is 0 Å². The summed E-state index contributed by atoms with van der Waals surface area (Å²) in [6, 6.07) is 8.66. The number of rotatable bonds is 5. The van der Waals surface area contributed by atoms with E-state index in [0.29, 0.717) is 6.61 Å². The van der Waals surface area contributed by atoms with Crippen molar-refractivity contribution in [2.24, 2.45) is 5.73 Å². The highest BCUT2D eigenvalue weighted by Crippen LogP contribution is 2.11. The van der Waals surface area contributed by atoms with Crippen LogP contribution in [0.25, 0.3) is 0 Å². The average molecular weight is 236 g/mol. The van der Waals surface area contributed by atoms with Gasteiger partial charge in [0, 0.05) is 7.11 Å². The highest BCUT2D eigenvalue weighted by molar-refractivity contribution is 5.83. The maximum atomic E-state index is 11.9. The molecule has 0 aliphatic heterocycles. The number of hydrogen-bond donors (Lipinski definition) is 2. The second-order valence-corrected chi connectivity index (χ2v) is 4.69. The number of methoxy groups -OCH3 is 1. The number of benzene rings is 1. The van der Waals surface area contributed by atoms with Gasteiger partial charge in [-0.1, -0.05) is 30.3 Å². The summed E-state index contributed by atoms with van der Waals surface area (Å²) in [6.45, 7) is 4.23. The van der Waals surface area contributed by atoms with Gasteiger partial charge in [-0.15, -0.1) is 0 Å². The lowest BCUT2D eigenvalue weighted by Crippen LogP contribution is -2.49. The van der Waals surface area contributed by atoms with Crippen LogP contribution in [0.2, 0.25) is 0 Å². The fourth-order valence-corrected chi connectivity index (χ4v) is 1.62. The molecule has 1 unspecified atom stereocenters. The molecule has 1 amide bonds. The van der Waals surface area contributed by atoms with Crippen molar-refractivity contribution in [1.82, 2.24) is 5.32 Å². The minimum atomic E-state index is -0.646. The molecule has 4 heteroatoms. The molecule has 1 atom stereocenters. The Hall–Kier alpha value is -1.39. The summed E-state index contributed by atoms with van der Waals surface area (Å²) >= 11 is 0. The van der Waals surface area contributed by atoms with Gasteiger partial charge in [-0.2, -0.15) is 0 Å². The van der Waals surface area contributed by atoms with E-state index in [4.69, 9.17) is 10.5 Å². The Morgan fingerprint density at radius 2 is 2.00 bits per heavy atom. The number of carbonyl (C=O) groups is 1. The predicted octanol–water partition coefficient (Wildman–Crippen LogP) is 1.23. The second-order valence-electron chi connectivity index (χ2n) is 4.69. The highest BCUT2D eigenvalue weighted by atomic mass is 16.5. The van der Waals surface area contributed by atoms with E-state index in [-0.39, 0.29) is 5.91 Å². The molecular weight excluding hydrogens is 216 g/mol. The molecule has 0 spiro atoms. The molecule has 0 aromatic heterocycles. The zero-order valence-electron chi connectivity index (χ0n) is 10.6. The van der Waals surface area contributed by atoms with Gasteiger partial charge in [-0.25, -0.2) is 0 Å². The summed E-state index contributed by atoms with van der Waals surface area (Å²) in [5.74, 6) is -0.196. The molecule has 0 saturated heterocycles. The summed E-state index contributed by atoms with van der Waals surface area (Å²) < 4.78 is 5.04. The van der Waals surface area contributed by atoms with Crippen molar-refractivity contribution in [1.29, 1.82) is 0 Å². The number of nitrogens with two attached hydrogens (primary N) is 1. The normalized spacial score (nSPS) is 13.2. The minimum absolute atomic E-state index is 0.196. The van der Waals surface area contributed by atoms with E-state index >= 15 is 0 Å². The van der Waals surface area contributed by atoms with Crippen LogP contribution in [0, 0.1) is 0 Å². The smallest absolute Gasteiger partial charge is 0.242 e. The quantitative estimate of drug-likeness (QED) is 0.808. The first kappa shape index (κ1) is 13.7. The fraction of sp³-hybridized carbons (Fsp3) is 0.462. The molecule has 94 valence electrons. The largest absolute Gasteiger partial charge is 0.382 e. The van der Waals surface area contributed by atoms with Gasteiger partial charge in [0.15, 0.2) is 0 Å². The van der Waals surface area contributed by atoms with E-state index in [0.717, 1.165) is 5.56 Å². The van der Waals surface area contributed by atoms with E-state index < -0.39 is 11.6 Å². The molecule has 1 rings (SSSR count). The van der Waals surface area contributed by atoms with Gasteiger partial charge in [-0.05, 0) is 19.4 Å². The summed E-state index contributed by atoms with van der Waals surface area (Å²) in [5.41, 5.74) is 6.27. The molecule has 1 aromatic rings. The molecule has 0 fully saturated rings. The minimum Gasteiger partial charge on any atom is -0.382 e. The Morgan fingerprint density at radius 1 is 1.41 bits per heavy atom. The zero-order chi connectivity index (χ0) is 12.9. The molecular formula is C13H20N2O2. The molecule has 0 bridgehead atoms. The molecule has 3 N–H and O–H groups in total. The van der Waals surface area contributed by atoms with Crippen LogP contribution in [0.4, 0.5) is 0 Å². The molecule has 4 nitrogen and oxygen atoms in total. The molecule has 0 aliphatic carbocycles. The average Bonchev–Trinajstić information content (AvgIpc) is 2.28. The van der Waals surface area contributed by atoms with Crippen LogP contribution < -0.4 is 11.1 Å². The van der Waals surface area contributed by atoms with Gasteiger partial charge in [0.1, 0.15) is 6.04 Å². The Morgan fingerprint density at radius 3 is 2.53 bits per heavy atom. The van der Waals surface area contributed by atoms with Crippen molar-refractivity contribution >= 4 is 5.91 Å². The maximum absolute atomic E-state index is 11.9. The number of hydrogen-bond acceptors (Lipinski definition) is 3. The molecule has 0 saturated carbocycles. The summed E-state index contributed by atoms with van der Waals surface area (Å²) in [7, 11) is 1.60. The van der Waals surface area contributed by atoms with Crippen LogP contribution >= 0.6 is 0 Å². The number of amides is 1. The van der Waals surface area contributed by atoms with Gasteiger partial charge < -0.3 is 15.8 Å². The Kier molecular flexibility index (Phi) is 4.66. The van der Waals surface area contributed by atoms with Gasteiger partial charge in [0.2, 0.25) is 5.91 Å². The summed E-state index contributed by atoms with van der Waals surface area (Å²) in [6.07, 6.45) is 0. The number of carbonyl (C=O) groups excluding carboxylic acids is 1. The lowest BCUT2D eigenvalue weighted by atomic mass is 10.0. The third-order valence-corrected chi connectivity index (χ3v) is 2.41. The first-order valence-corrected chi connectivity index (χ1v) is 5.58. The predicted molar refractivity (Wildman–Crippen MR) is 67.5 cm³/mol. The van der Waals surface area contributed by atoms with E-state index in [1.807, 2.05) is 44.2 Å². The van der Waals surface area contributed by atoms with E-state index in [2.05, 4.69) is 5.32 Å². The lowest BCUT2D eigenvalue weighted by molar-refractivity contribution is -0.124. The highest BCUT2D eigenvalue weighted by Gasteiger charge is 2.24. The van der Waals surface area contributed by atoms with Crippen molar-refractivity contribution in [3.05, 3.63) is 35.9 Å². The van der Waals surface area contributed by atoms with E-state index in [1.165, 1.54) is 0 Å². The van der Waals surface area contributed by atoms with Gasteiger partial charge in [0.25, 0.3) is 0 Å². The van der Waals surface area contributed by atoms with E-state index in [9.17, 15) is 4.79 Å². The Bertz CT molecular complexity index is 363. The van der Waals surface area contributed by atoms with Crippen LogP contribution in [0.1, 0.15) is 25.5 Å². The molecule has 0 aliphatic rings. The molecule has 17 heavy (non-hydrogen) atoms. The van der Waals surface area contributed by atoms with Crippen molar-refractivity contribution in [3.63, 3.8) is 0 Å². The molecule has 0 heterocycles. The van der Waals surface area contributed by atoms with Crippen LogP contribution in [-0.4, -0.2) is 25.2 Å². The standard InChI is InChI=1S/C13H20N2O2/c1-13(2,9-17-3)15-12(16)11(14)10-7-5-4-6-8-10/h4-8,11H,9,14H2,1-3H3,(H,15,16). The third-order valence-electron chi connectivity index (χ3n) is 2.41. The first-order chi connectivity index (χ1) is 7.96. The first-order valence-electron chi connectivity index (χ1n) is 5.58. The van der Waals surface area contributed by atoms with Crippen LogP contribution in [0.15, 0.2) is 30.3 Å². The topological polar surface area (TPSA) is 64.3 Å². The maximum Gasteiger partial charge on any atom is 0.242 e. The monoisotopic (exact) mass is 236 g/mol. The molecule has 1 aromatic carbocycles. The third kappa shape index (κ3) is 4.17. The van der Waals surface area contributed by atoms with Crippen LogP contribution in [-0.2, 0) is 9.53 Å². The number of nitrogens with one attached hydrogen (secondary N) is 1. The Labute approximate surface area is 102 Å². The number of ether oxygens (including phenoxy) is 1. The summed E-state index contributed by atoms with van der Waals surface area (Å²) in [5, 5.41) is 2.87. The summed E-state index contributed by atoms with van der Waals surface area (Å²) in [4.78, 5) is 11.9. The van der Waals surface area contributed by atoms with Crippen molar-refractivity contribution in [2.45, 2.75) is 25.4 Å². The fourth-order valence-electron chi connectivity index (χ4n) is 1.62. The second kappa shape index (κ2) is 5.80. The van der Waals surface area contributed by atoms with Gasteiger partial charge in [-0.3, -0.25) is 4.79 Å².